The Morgan fingerprint density at radius 3 is 2.67 bits per heavy atom. The third kappa shape index (κ3) is 5.78. The molecule has 6 heteroatoms. The van der Waals surface area contributed by atoms with Crippen molar-refractivity contribution in [2.24, 2.45) is 5.92 Å². The van der Waals surface area contributed by atoms with E-state index in [4.69, 9.17) is 4.74 Å². The first-order chi connectivity index (χ1) is 13.2. The van der Waals surface area contributed by atoms with Crippen molar-refractivity contribution < 1.29 is 14.3 Å². The molecular weight excluding hydrogens is 342 g/mol. The summed E-state index contributed by atoms with van der Waals surface area (Å²) >= 11 is 0. The van der Waals surface area contributed by atoms with Crippen LogP contribution in [0.15, 0.2) is 30.3 Å². The second kappa shape index (κ2) is 9.85. The van der Waals surface area contributed by atoms with Crippen molar-refractivity contribution in [3.63, 3.8) is 0 Å². The average molecular weight is 373 g/mol. The lowest BCUT2D eigenvalue weighted by atomic mass is 9.89. The minimum atomic E-state index is 0.0657. The highest BCUT2D eigenvalue weighted by molar-refractivity contribution is 5.80. The molecule has 1 unspecified atom stereocenters. The molecule has 0 bridgehead atoms. The Labute approximate surface area is 161 Å². The maximum Gasteiger partial charge on any atom is 0.234 e. The largest absolute Gasteiger partial charge is 0.383 e. The van der Waals surface area contributed by atoms with Gasteiger partial charge >= 0.3 is 0 Å². The first kappa shape index (κ1) is 19.8. The molecule has 148 valence electrons. The zero-order chi connectivity index (χ0) is 19.1. The van der Waals surface area contributed by atoms with E-state index < -0.39 is 0 Å². The highest BCUT2D eigenvalue weighted by atomic mass is 16.5. The normalized spacial score (nSPS) is 21.6. The maximum atomic E-state index is 12.3. The van der Waals surface area contributed by atoms with Gasteiger partial charge in [0.05, 0.1) is 13.2 Å². The molecule has 6 nitrogen and oxygen atoms in total. The standard InChI is InChI=1S/C21H31N3O3/c1-27-12-11-24-15-17(13-21(24)26)14-22-20(25)16-23-9-7-19(8-10-23)18-5-3-2-4-6-18/h2-6,17,19H,7-16H2,1H3,(H,22,25). The lowest BCUT2D eigenvalue weighted by Crippen LogP contribution is -2.42. The predicted octanol–water partition coefficient (Wildman–Crippen LogP) is 1.48. The number of rotatable bonds is 8. The molecule has 0 radical (unpaired) electrons. The second-order valence-electron chi connectivity index (χ2n) is 7.67. The fraction of sp³-hybridized carbons (Fsp3) is 0.619. The fourth-order valence-corrected chi connectivity index (χ4v) is 4.08. The van der Waals surface area contributed by atoms with Gasteiger partial charge in [0.25, 0.3) is 0 Å². The molecule has 2 saturated heterocycles. The van der Waals surface area contributed by atoms with E-state index in [1.54, 1.807) is 7.11 Å². The van der Waals surface area contributed by atoms with Crippen LogP contribution in [0.4, 0.5) is 0 Å². The van der Waals surface area contributed by atoms with Gasteiger partial charge in [-0.2, -0.15) is 0 Å². The van der Waals surface area contributed by atoms with Crippen molar-refractivity contribution in [3.8, 4) is 0 Å². The van der Waals surface area contributed by atoms with Gasteiger partial charge in [-0.15, -0.1) is 0 Å². The summed E-state index contributed by atoms with van der Waals surface area (Å²) in [5, 5.41) is 3.02. The van der Waals surface area contributed by atoms with Gasteiger partial charge < -0.3 is 15.0 Å². The molecule has 1 aromatic carbocycles. The van der Waals surface area contributed by atoms with Crippen molar-refractivity contribution in [1.82, 2.24) is 15.1 Å². The minimum Gasteiger partial charge on any atom is -0.383 e. The van der Waals surface area contributed by atoms with E-state index in [1.807, 2.05) is 4.90 Å². The summed E-state index contributed by atoms with van der Waals surface area (Å²) in [6, 6.07) is 10.6. The Kier molecular flexibility index (Phi) is 7.24. The number of ether oxygens (including phenoxy) is 1. The Bertz CT molecular complexity index is 614. The molecule has 0 aromatic heterocycles. The molecule has 1 N–H and O–H groups in total. The van der Waals surface area contributed by atoms with Gasteiger partial charge in [-0.3, -0.25) is 14.5 Å². The van der Waals surface area contributed by atoms with E-state index >= 15 is 0 Å². The van der Waals surface area contributed by atoms with Crippen LogP contribution in [0.2, 0.25) is 0 Å². The van der Waals surface area contributed by atoms with E-state index in [-0.39, 0.29) is 17.7 Å². The van der Waals surface area contributed by atoms with Crippen LogP contribution in [0.25, 0.3) is 0 Å². The van der Waals surface area contributed by atoms with Gasteiger partial charge in [-0.25, -0.2) is 0 Å². The number of hydrogen-bond acceptors (Lipinski definition) is 4. The van der Waals surface area contributed by atoms with Crippen LogP contribution >= 0.6 is 0 Å². The monoisotopic (exact) mass is 373 g/mol. The van der Waals surface area contributed by atoms with E-state index in [9.17, 15) is 9.59 Å². The summed E-state index contributed by atoms with van der Waals surface area (Å²) < 4.78 is 5.04. The van der Waals surface area contributed by atoms with Crippen molar-refractivity contribution in [3.05, 3.63) is 35.9 Å². The zero-order valence-corrected chi connectivity index (χ0v) is 16.2. The summed E-state index contributed by atoms with van der Waals surface area (Å²) in [4.78, 5) is 28.3. The topological polar surface area (TPSA) is 61.9 Å². The number of piperidine rings is 1. The van der Waals surface area contributed by atoms with Crippen LogP contribution in [-0.2, 0) is 14.3 Å². The number of carbonyl (C=O) groups excluding carboxylic acids is 2. The molecule has 2 aliphatic heterocycles. The number of methoxy groups -OCH3 is 1. The third-order valence-electron chi connectivity index (χ3n) is 5.67. The van der Waals surface area contributed by atoms with Crippen LogP contribution in [-0.4, -0.2) is 74.6 Å². The molecule has 2 amide bonds. The summed E-state index contributed by atoms with van der Waals surface area (Å²) in [5.74, 6) is 1.04. The number of nitrogens with one attached hydrogen (secondary N) is 1. The van der Waals surface area contributed by atoms with Gasteiger partial charge in [0.2, 0.25) is 11.8 Å². The SMILES string of the molecule is COCCN1CC(CNC(=O)CN2CCC(c3ccccc3)CC2)CC1=O. The number of likely N-dealkylation sites (tertiary alicyclic amines) is 2. The van der Waals surface area contributed by atoms with Crippen LogP contribution in [0, 0.1) is 5.92 Å². The molecule has 1 atom stereocenters. The van der Waals surface area contributed by atoms with Crippen LogP contribution in [0.5, 0.6) is 0 Å². The van der Waals surface area contributed by atoms with E-state index in [0.29, 0.717) is 45.1 Å². The van der Waals surface area contributed by atoms with E-state index in [1.165, 1.54) is 5.56 Å². The molecule has 2 fully saturated rings. The highest BCUT2D eigenvalue weighted by Gasteiger charge is 2.29. The maximum absolute atomic E-state index is 12.3. The Morgan fingerprint density at radius 1 is 1.22 bits per heavy atom. The predicted molar refractivity (Wildman–Crippen MR) is 104 cm³/mol. The third-order valence-corrected chi connectivity index (χ3v) is 5.67. The Balaban J connectivity index is 1.34. The number of hydrogen-bond donors (Lipinski definition) is 1. The van der Waals surface area contributed by atoms with Crippen molar-refractivity contribution in [1.29, 1.82) is 0 Å². The Hall–Kier alpha value is -1.92. The molecular formula is C21H31N3O3. The van der Waals surface area contributed by atoms with E-state index in [2.05, 4.69) is 40.5 Å². The summed E-state index contributed by atoms with van der Waals surface area (Å²) in [6.45, 7) is 4.86. The number of amides is 2. The van der Waals surface area contributed by atoms with Crippen LogP contribution in [0.1, 0.15) is 30.7 Å². The van der Waals surface area contributed by atoms with Crippen LogP contribution in [0.3, 0.4) is 0 Å². The molecule has 2 heterocycles. The van der Waals surface area contributed by atoms with Crippen molar-refractivity contribution in [2.45, 2.75) is 25.2 Å². The Morgan fingerprint density at radius 2 is 1.96 bits per heavy atom. The summed E-state index contributed by atoms with van der Waals surface area (Å²) in [7, 11) is 1.64. The lowest BCUT2D eigenvalue weighted by molar-refractivity contribution is -0.128. The molecule has 0 aliphatic carbocycles. The lowest BCUT2D eigenvalue weighted by Gasteiger charge is -2.31. The van der Waals surface area contributed by atoms with Crippen LogP contribution < -0.4 is 5.32 Å². The molecule has 2 aliphatic rings. The molecule has 27 heavy (non-hydrogen) atoms. The second-order valence-corrected chi connectivity index (χ2v) is 7.67. The smallest absolute Gasteiger partial charge is 0.234 e. The first-order valence-corrected chi connectivity index (χ1v) is 9.96. The van der Waals surface area contributed by atoms with Gasteiger partial charge in [0.15, 0.2) is 0 Å². The molecule has 3 rings (SSSR count). The molecule has 0 spiro atoms. The van der Waals surface area contributed by atoms with Crippen molar-refractivity contribution >= 4 is 11.8 Å². The molecule has 0 saturated carbocycles. The molecule has 1 aromatic rings. The number of benzene rings is 1. The van der Waals surface area contributed by atoms with E-state index in [0.717, 1.165) is 25.9 Å². The number of nitrogens with zero attached hydrogens (tertiary/aromatic N) is 2. The average Bonchev–Trinajstić information content (AvgIpc) is 3.05. The number of carbonyl (C=O) groups is 2. The van der Waals surface area contributed by atoms with Crippen molar-refractivity contribution in [2.75, 3.05) is 53.0 Å². The first-order valence-electron chi connectivity index (χ1n) is 9.96. The fourth-order valence-electron chi connectivity index (χ4n) is 4.08. The van der Waals surface area contributed by atoms with Gasteiger partial charge in [0.1, 0.15) is 0 Å². The summed E-state index contributed by atoms with van der Waals surface area (Å²) in [6.07, 6.45) is 2.72. The van der Waals surface area contributed by atoms with Gasteiger partial charge in [0, 0.05) is 39.1 Å². The highest BCUT2D eigenvalue weighted by Crippen LogP contribution is 2.27. The zero-order valence-electron chi connectivity index (χ0n) is 16.2. The summed E-state index contributed by atoms with van der Waals surface area (Å²) in [5.41, 5.74) is 1.41. The minimum absolute atomic E-state index is 0.0657. The van der Waals surface area contributed by atoms with Gasteiger partial charge in [-0.05, 0) is 37.4 Å². The van der Waals surface area contributed by atoms with Gasteiger partial charge in [-0.1, -0.05) is 30.3 Å². The quantitative estimate of drug-likeness (QED) is 0.750.